The fourth-order valence-electron chi connectivity index (χ4n) is 2.28. The average Bonchev–Trinajstić information content (AvgIpc) is 2.70. The smallest absolute Gasteiger partial charge is 0.338 e. The molecule has 2 amide bonds. The largest absolute Gasteiger partial charge is 0.463 e. The van der Waals surface area contributed by atoms with E-state index < -0.39 is 28.0 Å². The van der Waals surface area contributed by atoms with Crippen molar-refractivity contribution in [3.63, 3.8) is 0 Å². The van der Waals surface area contributed by atoms with Crippen molar-refractivity contribution in [1.82, 2.24) is 15.4 Å². The van der Waals surface area contributed by atoms with Crippen LogP contribution in [0.5, 0.6) is 0 Å². The molecule has 0 spiro atoms. The zero-order valence-corrected chi connectivity index (χ0v) is 16.3. The Morgan fingerprint density at radius 2 is 1.90 bits per heavy atom. The van der Waals surface area contributed by atoms with Gasteiger partial charge in [-0.3, -0.25) is 0 Å². The molecule has 0 radical (unpaired) electrons. The van der Waals surface area contributed by atoms with Crippen LogP contribution in [0.25, 0.3) is 0 Å². The molecule has 3 N–H and O–H groups in total. The van der Waals surface area contributed by atoms with Crippen LogP contribution in [0.2, 0.25) is 0 Å². The molecule has 0 fully saturated rings. The van der Waals surface area contributed by atoms with Crippen LogP contribution in [-0.2, 0) is 24.3 Å². The molecule has 0 saturated carbocycles. The van der Waals surface area contributed by atoms with E-state index in [1.165, 1.54) is 24.3 Å². The average molecular weight is 421 g/mol. The van der Waals surface area contributed by atoms with Gasteiger partial charge in [0.2, 0.25) is 10.0 Å². The summed E-state index contributed by atoms with van der Waals surface area (Å²) in [7, 11) is -3.78. The molecule has 11 heteroatoms. The highest BCUT2D eigenvalue weighted by molar-refractivity contribution is 7.89. The maximum absolute atomic E-state index is 12.2. The van der Waals surface area contributed by atoms with Crippen LogP contribution in [0.4, 0.5) is 4.79 Å². The number of carbonyl (C=O) groups excluding carboxylic acids is 3. The number of terminal acetylenes is 1. The van der Waals surface area contributed by atoms with Gasteiger partial charge in [0.1, 0.15) is 6.61 Å². The second kappa shape index (κ2) is 9.72. The van der Waals surface area contributed by atoms with Gasteiger partial charge < -0.3 is 20.1 Å². The number of carbonyl (C=O) groups is 3. The molecule has 0 saturated heterocycles. The summed E-state index contributed by atoms with van der Waals surface area (Å²) < 4.78 is 36.2. The van der Waals surface area contributed by atoms with Gasteiger partial charge in [-0.25, -0.2) is 22.8 Å². The minimum Gasteiger partial charge on any atom is -0.463 e. The maximum atomic E-state index is 12.2. The zero-order chi connectivity index (χ0) is 21.4. The summed E-state index contributed by atoms with van der Waals surface area (Å²) in [6.07, 6.45) is 5.03. The Bertz CT molecular complexity index is 976. The molecule has 10 nitrogen and oxygen atoms in total. The lowest BCUT2D eigenvalue weighted by Crippen LogP contribution is -2.45. The van der Waals surface area contributed by atoms with Gasteiger partial charge in [0.15, 0.2) is 0 Å². The van der Waals surface area contributed by atoms with Crippen LogP contribution in [0.15, 0.2) is 40.4 Å². The molecule has 0 unspecified atom stereocenters. The number of ether oxygens (including phenoxy) is 2. The van der Waals surface area contributed by atoms with Crippen LogP contribution in [0, 0.1) is 12.3 Å². The van der Waals surface area contributed by atoms with Crippen molar-refractivity contribution >= 4 is 28.0 Å². The number of nitrogens with one attached hydrogen (secondary N) is 3. The Hall–Kier alpha value is -3.36. The monoisotopic (exact) mass is 421 g/mol. The SMILES string of the molecule is C#CCNS(=O)(=O)c1ccc(C(=O)OCC2=C(C(=O)OCC)CNC(=O)N2)cc1. The van der Waals surface area contributed by atoms with Crippen LogP contribution in [0.3, 0.4) is 0 Å². The van der Waals surface area contributed by atoms with Gasteiger partial charge in [-0.1, -0.05) is 5.92 Å². The lowest BCUT2D eigenvalue weighted by Gasteiger charge is -2.21. The first-order chi connectivity index (χ1) is 13.8. The minimum atomic E-state index is -3.78. The Morgan fingerprint density at radius 3 is 2.52 bits per heavy atom. The molecule has 1 heterocycles. The van der Waals surface area contributed by atoms with Crippen molar-refractivity contribution in [3.05, 3.63) is 41.1 Å². The van der Waals surface area contributed by atoms with Gasteiger partial charge >= 0.3 is 18.0 Å². The zero-order valence-electron chi connectivity index (χ0n) is 15.5. The number of esters is 2. The normalized spacial score (nSPS) is 13.7. The fraction of sp³-hybridized carbons (Fsp3) is 0.278. The molecular weight excluding hydrogens is 402 g/mol. The molecule has 1 aromatic rings. The Kier molecular flexibility index (Phi) is 7.35. The van der Waals surface area contributed by atoms with Crippen molar-refractivity contribution < 1.29 is 32.3 Å². The van der Waals surface area contributed by atoms with Gasteiger partial charge in [-0.15, -0.1) is 6.42 Å². The summed E-state index contributed by atoms with van der Waals surface area (Å²) >= 11 is 0. The number of benzene rings is 1. The van der Waals surface area contributed by atoms with Crippen molar-refractivity contribution in [2.45, 2.75) is 11.8 Å². The van der Waals surface area contributed by atoms with E-state index in [2.05, 4.69) is 21.3 Å². The van der Waals surface area contributed by atoms with E-state index in [9.17, 15) is 22.8 Å². The fourth-order valence-corrected chi connectivity index (χ4v) is 3.21. The number of urea groups is 1. The molecule has 0 aliphatic carbocycles. The summed E-state index contributed by atoms with van der Waals surface area (Å²) in [6, 6.07) is 4.46. The number of hydrogen-bond donors (Lipinski definition) is 3. The molecule has 0 bridgehead atoms. The molecule has 29 heavy (non-hydrogen) atoms. The van der Waals surface area contributed by atoms with Gasteiger partial charge in [-0.2, -0.15) is 4.72 Å². The van der Waals surface area contributed by atoms with Crippen LogP contribution >= 0.6 is 0 Å². The van der Waals surface area contributed by atoms with Crippen molar-refractivity contribution in [2.75, 3.05) is 26.3 Å². The highest BCUT2D eigenvalue weighted by Crippen LogP contribution is 2.13. The molecular formula is C18H19N3O7S. The third-order valence-corrected chi connectivity index (χ3v) is 5.11. The quantitative estimate of drug-likeness (QED) is 0.393. The second-order valence-electron chi connectivity index (χ2n) is 5.61. The number of sulfonamides is 1. The summed E-state index contributed by atoms with van der Waals surface area (Å²) in [5, 5.41) is 4.84. The van der Waals surface area contributed by atoms with Gasteiger partial charge in [0, 0.05) is 0 Å². The molecule has 154 valence electrons. The van der Waals surface area contributed by atoms with E-state index >= 15 is 0 Å². The first-order valence-electron chi connectivity index (χ1n) is 8.42. The number of amides is 2. The third-order valence-electron chi connectivity index (χ3n) is 3.69. The Labute approximate surface area is 167 Å². The molecule has 0 atom stereocenters. The van der Waals surface area contributed by atoms with Gasteiger partial charge in [0.25, 0.3) is 0 Å². The van der Waals surface area contributed by atoms with Gasteiger partial charge in [-0.05, 0) is 31.2 Å². The third kappa shape index (κ3) is 5.81. The molecule has 1 aliphatic rings. The molecule has 1 aliphatic heterocycles. The van der Waals surface area contributed by atoms with Gasteiger partial charge in [0.05, 0.1) is 41.4 Å². The summed E-state index contributed by atoms with van der Waals surface area (Å²) in [6.45, 7) is 1.19. The van der Waals surface area contributed by atoms with E-state index in [1.807, 2.05) is 0 Å². The lowest BCUT2D eigenvalue weighted by molar-refractivity contribution is -0.138. The van der Waals surface area contributed by atoms with Crippen LogP contribution < -0.4 is 15.4 Å². The number of hydrogen-bond acceptors (Lipinski definition) is 7. The van der Waals surface area contributed by atoms with Crippen molar-refractivity contribution in [3.8, 4) is 12.3 Å². The predicted octanol–water partition coefficient (Wildman–Crippen LogP) is -0.115. The van der Waals surface area contributed by atoms with Crippen LogP contribution in [-0.4, -0.2) is 52.7 Å². The first-order valence-corrected chi connectivity index (χ1v) is 9.91. The van der Waals surface area contributed by atoms with Crippen molar-refractivity contribution in [1.29, 1.82) is 0 Å². The van der Waals surface area contributed by atoms with E-state index in [-0.39, 0.29) is 48.0 Å². The first kappa shape index (κ1) is 21.9. The standard InChI is InChI=1S/C18H19N3O7S/c1-3-9-20-29(25,26)13-7-5-12(6-8-13)16(22)28-11-15-14(17(23)27-4-2)10-19-18(24)21-15/h1,5-8,20H,4,9-11H2,2H3,(H2,19,21,24). The van der Waals surface area contributed by atoms with E-state index in [1.54, 1.807) is 6.92 Å². The highest BCUT2D eigenvalue weighted by Gasteiger charge is 2.24. The maximum Gasteiger partial charge on any atom is 0.338 e. The van der Waals surface area contributed by atoms with E-state index in [4.69, 9.17) is 15.9 Å². The Balaban J connectivity index is 2.08. The van der Waals surface area contributed by atoms with E-state index in [0.29, 0.717) is 0 Å². The Morgan fingerprint density at radius 1 is 1.21 bits per heavy atom. The van der Waals surface area contributed by atoms with E-state index in [0.717, 1.165) is 0 Å². The molecule has 2 rings (SSSR count). The predicted molar refractivity (Wildman–Crippen MR) is 101 cm³/mol. The van der Waals surface area contributed by atoms with Crippen molar-refractivity contribution in [2.24, 2.45) is 0 Å². The summed E-state index contributed by atoms with van der Waals surface area (Å²) in [5.74, 6) is 0.749. The highest BCUT2D eigenvalue weighted by atomic mass is 32.2. The topological polar surface area (TPSA) is 140 Å². The number of rotatable bonds is 8. The lowest BCUT2D eigenvalue weighted by atomic mass is 10.1. The second-order valence-corrected chi connectivity index (χ2v) is 7.38. The molecule has 1 aromatic carbocycles. The minimum absolute atomic E-state index is 0.0607. The van der Waals surface area contributed by atoms with Crippen LogP contribution in [0.1, 0.15) is 17.3 Å². The summed E-state index contributed by atoms with van der Waals surface area (Å²) in [4.78, 5) is 35.6. The molecule has 0 aromatic heterocycles. The summed E-state index contributed by atoms with van der Waals surface area (Å²) in [5.41, 5.74) is 0.331.